The largest absolute Gasteiger partial charge is 0.426 e. The Balaban J connectivity index is 2.87. The third-order valence-corrected chi connectivity index (χ3v) is 2.79. The molecule has 1 aliphatic carbocycles. The van der Waals surface area contributed by atoms with Crippen LogP contribution in [0.1, 0.15) is 32.6 Å². The van der Waals surface area contributed by atoms with Gasteiger partial charge in [-0.15, -0.1) is 0 Å². The lowest BCUT2D eigenvalue weighted by atomic mass is 10.1. The highest BCUT2D eigenvalue weighted by atomic mass is 19.4. The van der Waals surface area contributed by atoms with E-state index in [-0.39, 0.29) is 19.8 Å². The Kier molecular flexibility index (Phi) is 3.47. The molecule has 16 heavy (non-hydrogen) atoms. The van der Waals surface area contributed by atoms with Crippen molar-refractivity contribution in [1.82, 2.24) is 0 Å². The van der Waals surface area contributed by atoms with Gasteiger partial charge in [-0.3, -0.25) is 0 Å². The van der Waals surface area contributed by atoms with Crippen LogP contribution in [0.5, 0.6) is 0 Å². The minimum absolute atomic E-state index is 0.0469. The van der Waals surface area contributed by atoms with Gasteiger partial charge in [-0.1, -0.05) is 12.8 Å². The molecule has 0 bridgehead atoms. The Morgan fingerprint density at radius 3 is 1.56 bits per heavy atom. The zero-order chi connectivity index (χ0) is 12.6. The standard InChI is InChI=1S/C9H12F6O/c1-7(8(10,11)12,9(13,14)15)16-6-4-2-3-5-6/h6H,2-5H2,1H3. The van der Waals surface area contributed by atoms with Crippen LogP contribution in [0.3, 0.4) is 0 Å². The van der Waals surface area contributed by atoms with E-state index in [1.165, 1.54) is 0 Å². The minimum Gasteiger partial charge on any atom is -0.355 e. The Bertz CT molecular complexity index is 223. The van der Waals surface area contributed by atoms with E-state index >= 15 is 0 Å². The summed E-state index contributed by atoms with van der Waals surface area (Å²) in [5, 5.41) is 0. The van der Waals surface area contributed by atoms with Crippen LogP contribution < -0.4 is 0 Å². The Hall–Kier alpha value is -0.460. The number of alkyl halides is 6. The van der Waals surface area contributed by atoms with Crippen LogP contribution >= 0.6 is 0 Å². The maximum absolute atomic E-state index is 12.4. The zero-order valence-electron chi connectivity index (χ0n) is 8.58. The third kappa shape index (κ3) is 2.44. The molecule has 0 amide bonds. The van der Waals surface area contributed by atoms with Crippen molar-refractivity contribution in [2.75, 3.05) is 0 Å². The first-order valence-corrected chi connectivity index (χ1v) is 4.89. The van der Waals surface area contributed by atoms with Crippen LogP contribution in [-0.2, 0) is 4.74 Å². The molecule has 1 saturated carbocycles. The predicted octanol–water partition coefficient (Wildman–Crippen LogP) is 3.83. The second-order valence-electron chi connectivity index (χ2n) is 4.05. The molecule has 0 radical (unpaired) electrons. The van der Waals surface area contributed by atoms with Crippen molar-refractivity contribution < 1.29 is 31.1 Å². The fraction of sp³-hybridized carbons (Fsp3) is 1.00. The van der Waals surface area contributed by atoms with E-state index in [1.54, 1.807) is 0 Å². The van der Waals surface area contributed by atoms with Gasteiger partial charge in [-0.2, -0.15) is 26.3 Å². The third-order valence-electron chi connectivity index (χ3n) is 2.79. The number of rotatable bonds is 2. The van der Waals surface area contributed by atoms with Gasteiger partial charge in [0.25, 0.3) is 5.60 Å². The molecule has 0 aromatic rings. The molecular formula is C9H12F6O. The first kappa shape index (κ1) is 13.6. The van der Waals surface area contributed by atoms with E-state index in [9.17, 15) is 26.3 Å². The van der Waals surface area contributed by atoms with E-state index in [0.717, 1.165) is 0 Å². The molecule has 0 N–H and O–H groups in total. The van der Waals surface area contributed by atoms with Crippen molar-refractivity contribution in [3.63, 3.8) is 0 Å². The molecule has 0 aromatic heterocycles. The predicted molar refractivity (Wildman–Crippen MR) is 43.9 cm³/mol. The Morgan fingerprint density at radius 1 is 0.875 bits per heavy atom. The number of halogens is 6. The molecule has 0 spiro atoms. The van der Waals surface area contributed by atoms with Gasteiger partial charge in [-0.25, -0.2) is 0 Å². The molecule has 0 aromatic carbocycles. The van der Waals surface area contributed by atoms with E-state index in [2.05, 4.69) is 4.74 Å². The highest BCUT2D eigenvalue weighted by Gasteiger charge is 2.69. The van der Waals surface area contributed by atoms with E-state index in [0.29, 0.717) is 12.8 Å². The minimum atomic E-state index is -5.45. The summed E-state index contributed by atoms with van der Waals surface area (Å²) in [7, 11) is 0. The zero-order valence-corrected chi connectivity index (χ0v) is 8.58. The van der Waals surface area contributed by atoms with Crippen LogP contribution in [0.25, 0.3) is 0 Å². The van der Waals surface area contributed by atoms with Crippen molar-refractivity contribution in [3.8, 4) is 0 Å². The van der Waals surface area contributed by atoms with Crippen molar-refractivity contribution in [1.29, 1.82) is 0 Å². The molecule has 7 heteroatoms. The fourth-order valence-electron chi connectivity index (χ4n) is 1.63. The number of hydrogen-bond acceptors (Lipinski definition) is 1. The van der Waals surface area contributed by atoms with Gasteiger partial charge in [0.15, 0.2) is 0 Å². The molecule has 1 nitrogen and oxygen atoms in total. The summed E-state index contributed by atoms with van der Waals surface area (Å²) < 4.78 is 78.7. The van der Waals surface area contributed by atoms with E-state index in [1.807, 2.05) is 0 Å². The van der Waals surface area contributed by atoms with Crippen LogP contribution in [0.2, 0.25) is 0 Å². The molecule has 96 valence electrons. The first-order chi connectivity index (χ1) is 7.08. The second kappa shape index (κ2) is 4.09. The van der Waals surface area contributed by atoms with Crippen molar-refractivity contribution in [2.45, 2.75) is 56.7 Å². The van der Waals surface area contributed by atoms with E-state index < -0.39 is 24.1 Å². The molecule has 1 rings (SSSR count). The lowest BCUT2D eigenvalue weighted by Crippen LogP contribution is -2.57. The van der Waals surface area contributed by atoms with Gasteiger partial charge in [0.2, 0.25) is 0 Å². The van der Waals surface area contributed by atoms with Crippen LogP contribution in [0, 0.1) is 0 Å². The number of hydrogen-bond donors (Lipinski definition) is 0. The monoisotopic (exact) mass is 250 g/mol. The quantitative estimate of drug-likeness (QED) is 0.677. The summed E-state index contributed by atoms with van der Waals surface area (Å²) in [6.45, 7) is 0.0469. The van der Waals surface area contributed by atoms with Crippen molar-refractivity contribution in [2.24, 2.45) is 0 Å². The smallest absolute Gasteiger partial charge is 0.355 e. The van der Waals surface area contributed by atoms with Gasteiger partial charge in [-0.05, 0) is 19.8 Å². The molecule has 0 saturated heterocycles. The Morgan fingerprint density at radius 2 is 1.25 bits per heavy atom. The molecule has 0 atom stereocenters. The maximum Gasteiger partial charge on any atom is 0.426 e. The first-order valence-electron chi connectivity index (χ1n) is 4.89. The normalized spacial score (nSPS) is 20.4. The molecular weight excluding hydrogens is 238 g/mol. The summed E-state index contributed by atoms with van der Waals surface area (Å²) in [6.07, 6.45) is -10.1. The van der Waals surface area contributed by atoms with Crippen LogP contribution in [0.4, 0.5) is 26.3 Å². The second-order valence-corrected chi connectivity index (χ2v) is 4.05. The molecule has 0 aliphatic heterocycles. The van der Waals surface area contributed by atoms with Crippen LogP contribution in [-0.4, -0.2) is 24.1 Å². The van der Waals surface area contributed by atoms with Crippen molar-refractivity contribution >= 4 is 0 Å². The SMILES string of the molecule is CC(OC1CCCC1)(C(F)(F)F)C(F)(F)F. The summed E-state index contributed by atoms with van der Waals surface area (Å²) >= 11 is 0. The highest BCUT2D eigenvalue weighted by Crippen LogP contribution is 2.47. The van der Waals surface area contributed by atoms with Gasteiger partial charge in [0.1, 0.15) is 0 Å². The summed E-state index contributed by atoms with van der Waals surface area (Å²) in [5.41, 5.74) is -4.06. The lowest BCUT2D eigenvalue weighted by molar-refractivity contribution is -0.382. The van der Waals surface area contributed by atoms with Gasteiger partial charge < -0.3 is 4.74 Å². The highest BCUT2D eigenvalue weighted by molar-refractivity contribution is 4.93. The lowest BCUT2D eigenvalue weighted by Gasteiger charge is -2.35. The summed E-state index contributed by atoms with van der Waals surface area (Å²) in [5.74, 6) is 0. The molecule has 0 unspecified atom stereocenters. The fourth-order valence-corrected chi connectivity index (χ4v) is 1.63. The van der Waals surface area contributed by atoms with Gasteiger partial charge in [0.05, 0.1) is 6.10 Å². The average molecular weight is 250 g/mol. The molecule has 0 heterocycles. The summed E-state index contributed by atoms with van der Waals surface area (Å²) in [4.78, 5) is 0. The van der Waals surface area contributed by atoms with E-state index in [4.69, 9.17) is 0 Å². The molecule has 1 fully saturated rings. The van der Waals surface area contributed by atoms with Gasteiger partial charge >= 0.3 is 12.4 Å². The maximum atomic E-state index is 12.4. The number of ether oxygens (including phenoxy) is 1. The molecule has 1 aliphatic rings. The van der Waals surface area contributed by atoms with Crippen molar-refractivity contribution in [3.05, 3.63) is 0 Å². The van der Waals surface area contributed by atoms with Crippen LogP contribution in [0.15, 0.2) is 0 Å². The topological polar surface area (TPSA) is 9.23 Å². The van der Waals surface area contributed by atoms with Gasteiger partial charge in [0, 0.05) is 0 Å². The average Bonchev–Trinajstić information content (AvgIpc) is 2.52. The Labute approximate surface area is 88.8 Å². The summed E-state index contributed by atoms with van der Waals surface area (Å²) in [6, 6.07) is 0.